The zero-order chi connectivity index (χ0) is 15.1. The number of likely N-dealkylation sites (N-methyl/N-ethyl adjacent to an activating group) is 1. The molecular formula is C17H26N2O2. The molecule has 0 aliphatic carbocycles. The van der Waals surface area contributed by atoms with Gasteiger partial charge in [-0.15, -0.1) is 0 Å². The maximum Gasteiger partial charge on any atom is 0.239 e. The maximum absolute atomic E-state index is 12.3. The van der Waals surface area contributed by atoms with Crippen LogP contribution in [0.5, 0.6) is 0 Å². The molecule has 1 amide bonds. The Bertz CT molecular complexity index is 430. The molecule has 0 radical (unpaired) electrons. The molecular weight excluding hydrogens is 264 g/mol. The van der Waals surface area contributed by atoms with Crippen molar-refractivity contribution in [1.29, 1.82) is 0 Å². The number of hydrogen-bond acceptors (Lipinski definition) is 3. The quantitative estimate of drug-likeness (QED) is 0.869. The Morgan fingerprint density at radius 3 is 2.67 bits per heavy atom. The Hall–Kier alpha value is -1.39. The minimum absolute atomic E-state index is 0.0532. The molecule has 0 saturated carbocycles. The number of carbonyl (C=O) groups is 1. The molecule has 2 N–H and O–H groups in total. The zero-order valence-corrected chi connectivity index (χ0v) is 12.8. The lowest BCUT2D eigenvalue weighted by molar-refractivity contribution is -0.132. The van der Waals surface area contributed by atoms with Crippen LogP contribution in [0.15, 0.2) is 30.3 Å². The molecule has 0 aromatic heterocycles. The summed E-state index contributed by atoms with van der Waals surface area (Å²) >= 11 is 0. The van der Waals surface area contributed by atoms with Crippen molar-refractivity contribution in [3.05, 3.63) is 35.9 Å². The summed E-state index contributed by atoms with van der Waals surface area (Å²) in [4.78, 5) is 14.1. The van der Waals surface area contributed by atoms with Crippen LogP contribution >= 0.6 is 0 Å². The van der Waals surface area contributed by atoms with Gasteiger partial charge in [0.25, 0.3) is 0 Å². The smallest absolute Gasteiger partial charge is 0.239 e. The van der Waals surface area contributed by atoms with E-state index in [0.29, 0.717) is 12.3 Å². The van der Waals surface area contributed by atoms with Gasteiger partial charge in [-0.3, -0.25) is 4.79 Å². The molecule has 116 valence electrons. The second-order valence-corrected chi connectivity index (χ2v) is 5.91. The lowest BCUT2D eigenvalue weighted by Gasteiger charge is -2.28. The van der Waals surface area contributed by atoms with Gasteiger partial charge in [-0.1, -0.05) is 30.3 Å². The fraction of sp³-hybridized carbons (Fsp3) is 0.588. The number of carbonyl (C=O) groups excluding carboxylic acids is 1. The molecule has 1 aliphatic heterocycles. The molecule has 1 aliphatic rings. The van der Waals surface area contributed by atoms with E-state index in [4.69, 9.17) is 10.5 Å². The van der Waals surface area contributed by atoms with Gasteiger partial charge in [-0.25, -0.2) is 0 Å². The number of aryl methyl sites for hydroxylation is 1. The van der Waals surface area contributed by atoms with E-state index in [1.54, 1.807) is 4.90 Å². The summed E-state index contributed by atoms with van der Waals surface area (Å²) in [6, 6.07) is 9.76. The molecule has 1 aromatic rings. The Labute approximate surface area is 127 Å². The first kappa shape index (κ1) is 16.0. The van der Waals surface area contributed by atoms with Gasteiger partial charge in [-0.05, 0) is 37.2 Å². The van der Waals surface area contributed by atoms with Crippen molar-refractivity contribution in [2.24, 2.45) is 11.7 Å². The Balaban J connectivity index is 1.75. The molecule has 0 spiro atoms. The number of hydrogen-bond donors (Lipinski definition) is 1. The van der Waals surface area contributed by atoms with E-state index in [2.05, 4.69) is 12.1 Å². The summed E-state index contributed by atoms with van der Waals surface area (Å²) in [6.45, 7) is 2.42. The van der Waals surface area contributed by atoms with Crippen LogP contribution in [0.2, 0.25) is 0 Å². The Morgan fingerprint density at radius 2 is 2.00 bits per heavy atom. The summed E-state index contributed by atoms with van der Waals surface area (Å²) in [5, 5.41) is 0. The van der Waals surface area contributed by atoms with Crippen molar-refractivity contribution in [1.82, 2.24) is 4.90 Å². The van der Waals surface area contributed by atoms with E-state index in [0.717, 1.165) is 39.0 Å². The van der Waals surface area contributed by atoms with Crippen molar-refractivity contribution < 1.29 is 9.53 Å². The third kappa shape index (κ3) is 5.14. The highest BCUT2D eigenvalue weighted by Gasteiger charge is 2.22. The number of nitrogens with zero attached hydrogens (tertiary/aromatic N) is 1. The van der Waals surface area contributed by atoms with Gasteiger partial charge in [0.2, 0.25) is 5.91 Å². The molecule has 21 heavy (non-hydrogen) atoms. The van der Waals surface area contributed by atoms with Crippen LogP contribution in [0.4, 0.5) is 0 Å². The number of rotatable bonds is 6. The van der Waals surface area contributed by atoms with Crippen molar-refractivity contribution >= 4 is 5.91 Å². The highest BCUT2D eigenvalue weighted by Crippen LogP contribution is 2.16. The van der Waals surface area contributed by atoms with E-state index in [-0.39, 0.29) is 5.91 Å². The second-order valence-electron chi connectivity index (χ2n) is 5.91. The second kappa shape index (κ2) is 8.15. The van der Waals surface area contributed by atoms with Crippen molar-refractivity contribution in [2.45, 2.75) is 31.7 Å². The minimum atomic E-state index is -0.407. The summed E-state index contributed by atoms with van der Waals surface area (Å²) in [5.74, 6) is 0.603. The Kier molecular flexibility index (Phi) is 6.21. The number of ether oxygens (including phenoxy) is 1. The third-order valence-electron chi connectivity index (χ3n) is 4.15. The lowest BCUT2D eigenvalue weighted by atomic mass is 9.99. The molecule has 1 saturated heterocycles. The van der Waals surface area contributed by atoms with Crippen LogP contribution < -0.4 is 5.73 Å². The van der Waals surface area contributed by atoms with Gasteiger partial charge < -0.3 is 15.4 Å². The van der Waals surface area contributed by atoms with Crippen LogP contribution in [0.1, 0.15) is 24.8 Å². The van der Waals surface area contributed by atoms with Gasteiger partial charge in [0.05, 0.1) is 6.04 Å². The van der Waals surface area contributed by atoms with Gasteiger partial charge in [0.1, 0.15) is 0 Å². The maximum atomic E-state index is 12.3. The molecule has 4 nitrogen and oxygen atoms in total. The van der Waals surface area contributed by atoms with E-state index in [1.165, 1.54) is 5.56 Å². The fourth-order valence-corrected chi connectivity index (χ4v) is 2.78. The van der Waals surface area contributed by atoms with Crippen molar-refractivity contribution in [3.8, 4) is 0 Å². The predicted octanol–water partition coefficient (Wildman–Crippen LogP) is 1.83. The van der Waals surface area contributed by atoms with E-state index >= 15 is 0 Å². The number of benzene rings is 1. The number of nitrogens with two attached hydrogens (primary N) is 1. The van der Waals surface area contributed by atoms with E-state index in [9.17, 15) is 4.79 Å². The van der Waals surface area contributed by atoms with Crippen molar-refractivity contribution in [2.75, 3.05) is 26.8 Å². The third-order valence-corrected chi connectivity index (χ3v) is 4.15. The first-order chi connectivity index (χ1) is 10.2. The van der Waals surface area contributed by atoms with E-state index in [1.807, 2.05) is 25.2 Å². The minimum Gasteiger partial charge on any atom is -0.381 e. The topological polar surface area (TPSA) is 55.6 Å². The number of amides is 1. The Morgan fingerprint density at radius 1 is 1.33 bits per heavy atom. The molecule has 1 fully saturated rings. The molecule has 1 heterocycles. The zero-order valence-electron chi connectivity index (χ0n) is 12.8. The molecule has 1 aromatic carbocycles. The normalized spacial score (nSPS) is 17.4. The van der Waals surface area contributed by atoms with Gasteiger partial charge in [0, 0.05) is 26.8 Å². The fourth-order valence-electron chi connectivity index (χ4n) is 2.78. The molecule has 4 heteroatoms. The largest absolute Gasteiger partial charge is 0.381 e. The first-order valence-corrected chi connectivity index (χ1v) is 7.79. The summed E-state index contributed by atoms with van der Waals surface area (Å²) in [7, 11) is 1.86. The SMILES string of the molecule is CN(CC1CCOCC1)C(=O)C(N)CCc1ccccc1. The standard InChI is InChI=1S/C17H26N2O2/c1-19(13-15-9-11-21-12-10-15)17(20)16(18)8-7-14-5-3-2-4-6-14/h2-6,15-16H,7-13,18H2,1H3. The molecule has 1 unspecified atom stereocenters. The van der Waals surface area contributed by atoms with Gasteiger partial charge >= 0.3 is 0 Å². The average molecular weight is 290 g/mol. The average Bonchev–Trinajstić information content (AvgIpc) is 2.53. The van der Waals surface area contributed by atoms with E-state index < -0.39 is 6.04 Å². The first-order valence-electron chi connectivity index (χ1n) is 7.79. The van der Waals surface area contributed by atoms with Crippen LogP contribution in [-0.2, 0) is 16.0 Å². The molecule has 0 bridgehead atoms. The summed E-state index contributed by atoms with van der Waals surface area (Å²) in [5.41, 5.74) is 7.28. The highest BCUT2D eigenvalue weighted by atomic mass is 16.5. The van der Waals surface area contributed by atoms with Gasteiger partial charge in [0.15, 0.2) is 0 Å². The van der Waals surface area contributed by atoms with Crippen LogP contribution in [-0.4, -0.2) is 43.7 Å². The molecule has 2 rings (SSSR count). The van der Waals surface area contributed by atoms with Gasteiger partial charge in [-0.2, -0.15) is 0 Å². The monoisotopic (exact) mass is 290 g/mol. The lowest BCUT2D eigenvalue weighted by Crippen LogP contribution is -2.44. The predicted molar refractivity (Wildman–Crippen MR) is 83.9 cm³/mol. The van der Waals surface area contributed by atoms with Crippen LogP contribution in [0, 0.1) is 5.92 Å². The summed E-state index contributed by atoms with van der Waals surface area (Å²) < 4.78 is 5.35. The van der Waals surface area contributed by atoms with Crippen LogP contribution in [0.3, 0.4) is 0 Å². The summed E-state index contributed by atoms with van der Waals surface area (Å²) in [6.07, 6.45) is 3.62. The highest BCUT2D eigenvalue weighted by molar-refractivity contribution is 5.81. The molecule has 1 atom stereocenters. The van der Waals surface area contributed by atoms with Crippen LogP contribution in [0.25, 0.3) is 0 Å². The van der Waals surface area contributed by atoms with Crippen molar-refractivity contribution in [3.63, 3.8) is 0 Å².